The molecule has 2 atom stereocenters. The summed E-state index contributed by atoms with van der Waals surface area (Å²) in [7, 11) is 0. The zero-order valence-electron chi connectivity index (χ0n) is 16.5. The second-order valence-corrected chi connectivity index (χ2v) is 9.34. The molecule has 1 aromatic carbocycles. The maximum absolute atomic E-state index is 12.6. The van der Waals surface area contributed by atoms with Crippen LogP contribution in [0, 0.1) is 0 Å². The van der Waals surface area contributed by atoms with Crippen LogP contribution in [0.5, 0.6) is 0 Å². The van der Waals surface area contributed by atoms with E-state index in [0.717, 1.165) is 23.4 Å². The van der Waals surface area contributed by atoms with E-state index >= 15 is 0 Å². The van der Waals surface area contributed by atoms with Crippen LogP contribution in [0.2, 0.25) is 4.34 Å². The number of carbonyl (C=O) groups is 3. The maximum atomic E-state index is 12.6. The number of rotatable bonds is 4. The number of anilines is 2. The Bertz CT molecular complexity index is 1060. The first-order chi connectivity index (χ1) is 15.0. The molecule has 4 heterocycles. The summed E-state index contributed by atoms with van der Waals surface area (Å²) in [5.74, 6) is -0.300. The lowest BCUT2D eigenvalue weighted by molar-refractivity contribution is -0.125. The molecule has 2 aromatic rings. The molecule has 3 aliphatic rings. The number of hydrogen-bond acceptors (Lipinski definition) is 6. The van der Waals surface area contributed by atoms with Gasteiger partial charge in [-0.25, -0.2) is 4.79 Å². The quantitative estimate of drug-likeness (QED) is 0.756. The lowest BCUT2D eigenvalue weighted by Gasteiger charge is -2.33. The van der Waals surface area contributed by atoms with Crippen molar-refractivity contribution in [3.05, 3.63) is 45.1 Å². The SMILES string of the molecule is O=C(NC[C@@H]1OC(=O)N2c3ccc(N4CCOCC4=O)cc3CC[C@@H]12)c1ccc(Cl)s1. The van der Waals surface area contributed by atoms with E-state index in [1.54, 1.807) is 21.9 Å². The fourth-order valence-corrected chi connectivity index (χ4v) is 5.28. The standard InChI is InChI=1S/C21H20ClN3O5S/c22-18-6-5-17(31-18)20(27)23-10-16-15-3-1-12-9-13(24-7-8-29-11-19(24)26)2-4-14(12)25(15)21(28)30-16/h2,4-6,9,15-16H,1,3,7-8,10-11H2,(H,23,27)/t15-,16-/m0/s1. The molecule has 10 heteroatoms. The molecule has 31 heavy (non-hydrogen) atoms. The summed E-state index contributed by atoms with van der Waals surface area (Å²) in [6.45, 7) is 1.34. The Balaban J connectivity index is 1.30. The second-order valence-electron chi connectivity index (χ2n) is 7.62. The third-order valence-corrected chi connectivity index (χ3v) is 7.03. The number of halogens is 1. The monoisotopic (exact) mass is 461 g/mol. The third kappa shape index (κ3) is 3.77. The first kappa shape index (κ1) is 20.3. The van der Waals surface area contributed by atoms with Gasteiger partial charge in [-0.1, -0.05) is 11.6 Å². The number of fused-ring (bicyclic) bond motifs is 3. The minimum Gasteiger partial charge on any atom is -0.442 e. The first-order valence-electron chi connectivity index (χ1n) is 10.1. The molecule has 0 aliphatic carbocycles. The lowest BCUT2D eigenvalue weighted by Crippen LogP contribution is -2.45. The number of hydrogen-bond donors (Lipinski definition) is 1. The number of thiophene rings is 1. The summed E-state index contributed by atoms with van der Waals surface area (Å²) < 4.78 is 11.3. The van der Waals surface area contributed by atoms with E-state index < -0.39 is 12.2 Å². The zero-order chi connectivity index (χ0) is 21.5. The molecule has 0 saturated carbocycles. The Hall–Kier alpha value is -2.62. The van der Waals surface area contributed by atoms with E-state index in [9.17, 15) is 14.4 Å². The van der Waals surface area contributed by atoms with E-state index in [2.05, 4.69) is 5.32 Å². The number of morpholine rings is 1. The Kier molecular flexibility index (Phi) is 5.33. The Morgan fingerprint density at radius 2 is 2.13 bits per heavy atom. The Morgan fingerprint density at radius 1 is 1.26 bits per heavy atom. The summed E-state index contributed by atoms with van der Waals surface area (Å²) in [5, 5.41) is 2.84. The molecule has 1 aromatic heterocycles. The molecular formula is C21H20ClN3O5S. The van der Waals surface area contributed by atoms with Crippen molar-refractivity contribution in [2.75, 3.05) is 36.1 Å². The van der Waals surface area contributed by atoms with Crippen molar-refractivity contribution in [3.8, 4) is 0 Å². The van der Waals surface area contributed by atoms with Gasteiger partial charge in [0, 0.05) is 12.2 Å². The van der Waals surface area contributed by atoms with Crippen LogP contribution >= 0.6 is 22.9 Å². The van der Waals surface area contributed by atoms with Crippen LogP contribution in [0.15, 0.2) is 30.3 Å². The van der Waals surface area contributed by atoms with Crippen LogP contribution in [-0.4, -0.2) is 56.4 Å². The highest BCUT2D eigenvalue weighted by atomic mass is 35.5. The molecule has 5 rings (SSSR count). The minimum atomic E-state index is -0.430. The van der Waals surface area contributed by atoms with Crippen molar-refractivity contribution in [2.24, 2.45) is 0 Å². The fraction of sp³-hybridized carbons (Fsp3) is 0.381. The fourth-order valence-electron chi connectivity index (χ4n) is 4.32. The van der Waals surface area contributed by atoms with Crippen LogP contribution in [0.25, 0.3) is 0 Å². The number of benzene rings is 1. The average Bonchev–Trinajstić information content (AvgIpc) is 3.35. The average molecular weight is 462 g/mol. The summed E-state index contributed by atoms with van der Waals surface area (Å²) >= 11 is 7.10. The molecule has 2 saturated heterocycles. The van der Waals surface area contributed by atoms with Gasteiger partial charge in [0.2, 0.25) is 0 Å². The van der Waals surface area contributed by atoms with Crippen LogP contribution in [-0.2, 0) is 20.7 Å². The zero-order valence-corrected chi connectivity index (χ0v) is 18.1. The number of nitrogens with zero attached hydrogens (tertiary/aromatic N) is 2. The van der Waals surface area contributed by atoms with Gasteiger partial charge < -0.3 is 19.7 Å². The maximum Gasteiger partial charge on any atom is 0.415 e. The molecular weight excluding hydrogens is 442 g/mol. The molecule has 3 aliphatic heterocycles. The van der Waals surface area contributed by atoms with E-state index in [4.69, 9.17) is 21.1 Å². The highest BCUT2D eigenvalue weighted by Gasteiger charge is 2.45. The third-order valence-electron chi connectivity index (χ3n) is 5.80. The Labute approximate surface area is 187 Å². The molecule has 0 radical (unpaired) electrons. The van der Waals surface area contributed by atoms with Gasteiger partial charge in [-0.3, -0.25) is 14.5 Å². The van der Waals surface area contributed by atoms with Crippen molar-refractivity contribution >= 4 is 52.2 Å². The van der Waals surface area contributed by atoms with Gasteiger partial charge in [-0.2, -0.15) is 0 Å². The van der Waals surface area contributed by atoms with Gasteiger partial charge in [0.05, 0.1) is 34.1 Å². The molecule has 1 N–H and O–H groups in total. The van der Waals surface area contributed by atoms with Crippen LogP contribution < -0.4 is 15.1 Å². The number of ether oxygens (including phenoxy) is 2. The number of aryl methyl sites for hydroxylation is 1. The van der Waals surface area contributed by atoms with Gasteiger partial charge in [0.1, 0.15) is 12.7 Å². The largest absolute Gasteiger partial charge is 0.442 e. The first-order valence-corrected chi connectivity index (χ1v) is 11.2. The smallest absolute Gasteiger partial charge is 0.415 e. The van der Waals surface area contributed by atoms with Crippen molar-refractivity contribution in [3.63, 3.8) is 0 Å². The van der Waals surface area contributed by atoms with E-state index in [-0.39, 0.29) is 31.0 Å². The van der Waals surface area contributed by atoms with Crippen molar-refractivity contribution in [1.82, 2.24) is 5.32 Å². The van der Waals surface area contributed by atoms with Gasteiger partial charge >= 0.3 is 6.09 Å². The van der Waals surface area contributed by atoms with Gasteiger partial charge in [0.25, 0.3) is 11.8 Å². The van der Waals surface area contributed by atoms with E-state index in [1.165, 1.54) is 11.3 Å². The van der Waals surface area contributed by atoms with Crippen molar-refractivity contribution in [2.45, 2.75) is 25.0 Å². The van der Waals surface area contributed by atoms with Crippen LogP contribution in [0.3, 0.4) is 0 Å². The molecule has 0 unspecified atom stereocenters. The summed E-state index contributed by atoms with van der Waals surface area (Å²) in [5.41, 5.74) is 2.61. The van der Waals surface area contributed by atoms with Gasteiger partial charge in [-0.15, -0.1) is 11.3 Å². The molecule has 8 nitrogen and oxygen atoms in total. The predicted octanol–water partition coefficient (Wildman–Crippen LogP) is 2.83. The van der Waals surface area contributed by atoms with Crippen LogP contribution in [0.1, 0.15) is 21.7 Å². The highest BCUT2D eigenvalue weighted by Crippen LogP contribution is 2.39. The predicted molar refractivity (Wildman–Crippen MR) is 116 cm³/mol. The molecule has 0 bridgehead atoms. The van der Waals surface area contributed by atoms with E-state index in [1.807, 2.05) is 18.2 Å². The Morgan fingerprint density at radius 3 is 2.90 bits per heavy atom. The van der Waals surface area contributed by atoms with Crippen molar-refractivity contribution < 1.29 is 23.9 Å². The van der Waals surface area contributed by atoms with Gasteiger partial charge in [0.15, 0.2) is 0 Å². The number of nitrogens with one attached hydrogen (secondary N) is 1. The minimum absolute atomic E-state index is 0.0664. The summed E-state index contributed by atoms with van der Waals surface area (Å²) in [6, 6.07) is 8.89. The summed E-state index contributed by atoms with van der Waals surface area (Å²) in [4.78, 5) is 41.0. The lowest BCUT2D eigenvalue weighted by atomic mass is 9.93. The number of carbonyl (C=O) groups excluding carboxylic acids is 3. The highest BCUT2D eigenvalue weighted by molar-refractivity contribution is 7.18. The normalized spacial score (nSPS) is 22.7. The van der Waals surface area contributed by atoms with E-state index in [0.29, 0.717) is 28.8 Å². The number of amides is 3. The topological polar surface area (TPSA) is 88.2 Å². The second kappa shape index (κ2) is 8.14. The van der Waals surface area contributed by atoms with Gasteiger partial charge in [-0.05, 0) is 48.7 Å². The molecule has 0 spiro atoms. The molecule has 2 fully saturated rings. The summed E-state index contributed by atoms with van der Waals surface area (Å²) in [6.07, 6.45) is 0.620. The van der Waals surface area contributed by atoms with Crippen LogP contribution in [0.4, 0.5) is 16.2 Å². The number of cyclic esters (lactones) is 1. The molecule has 162 valence electrons. The van der Waals surface area contributed by atoms with Crippen molar-refractivity contribution in [1.29, 1.82) is 0 Å². The molecule has 3 amide bonds.